The fraction of sp³-hybridized carbons (Fsp3) is 0.500. The normalized spacial score (nSPS) is 17.0. The van der Waals surface area contributed by atoms with Crippen molar-refractivity contribution < 1.29 is 18.7 Å². The number of furan rings is 1. The summed E-state index contributed by atoms with van der Waals surface area (Å²) in [5, 5.41) is 0. The topological polar surface area (TPSA) is 63.0 Å². The highest BCUT2D eigenvalue weighted by Gasteiger charge is 2.29. The van der Waals surface area contributed by atoms with E-state index in [9.17, 15) is 9.59 Å². The highest BCUT2D eigenvalue weighted by molar-refractivity contribution is 5.97. The zero-order valence-corrected chi connectivity index (χ0v) is 18.2. The maximum atomic E-state index is 13.3. The van der Waals surface area contributed by atoms with Crippen molar-refractivity contribution >= 4 is 11.8 Å². The predicted molar refractivity (Wildman–Crippen MR) is 115 cm³/mol. The van der Waals surface area contributed by atoms with Crippen LogP contribution in [0.2, 0.25) is 0 Å². The Balaban J connectivity index is 1.78. The molecule has 2 atom stereocenters. The molecule has 0 radical (unpaired) electrons. The first-order valence-corrected chi connectivity index (χ1v) is 10.8. The summed E-state index contributed by atoms with van der Waals surface area (Å²) in [5.41, 5.74) is 1.55. The Bertz CT molecular complexity index is 827. The molecule has 1 aliphatic heterocycles. The minimum atomic E-state index is -0.106. The molecule has 162 valence electrons. The number of amides is 2. The lowest BCUT2D eigenvalue weighted by Gasteiger charge is -2.32. The lowest BCUT2D eigenvalue weighted by atomic mass is 10.1. The van der Waals surface area contributed by atoms with Crippen molar-refractivity contribution in [2.24, 2.45) is 0 Å². The van der Waals surface area contributed by atoms with Crippen LogP contribution < -0.4 is 0 Å². The number of hydrogen-bond donors (Lipinski definition) is 0. The lowest BCUT2D eigenvalue weighted by molar-refractivity contribution is -0.134. The monoisotopic (exact) mass is 412 g/mol. The van der Waals surface area contributed by atoms with Gasteiger partial charge in [-0.05, 0) is 56.9 Å². The van der Waals surface area contributed by atoms with Gasteiger partial charge in [0.2, 0.25) is 5.91 Å². The average Bonchev–Trinajstić information content (AvgIpc) is 3.45. The summed E-state index contributed by atoms with van der Waals surface area (Å²) in [5.74, 6) is 0.525. The number of rotatable bonds is 9. The Morgan fingerprint density at radius 2 is 2.00 bits per heavy atom. The van der Waals surface area contributed by atoms with E-state index >= 15 is 0 Å². The number of nitrogens with zero attached hydrogens (tertiary/aromatic N) is 2. The maximum absolute atomic E-state index is 13.3. The molecule has 2 amide bonds. The second-order valence-corrected chi connectivity index (χ2v) is 7.99. The molecule has 6 nitrogen and oxygen atoms in total. The Morgan fingerprint density at radius 1 is 1.20 bits per heavy atom. The van der Waals surface area contributed by atoms with Crippen LogP contribution in [0.5, 0.6) is 0 Å². The van der Waals surface area contributed by atoms with Gasteiger partial charge < -0.3 is 19.0 Å². The molecular weight excluding hydrogens is 380 g/mol. The second kappa shape index (κ2) is 10.4. The minimum Gasteiger partial charge on any atom is -0.467 e. The van der Waals surface area contributed by atoms with Crippen molar-refractivity contribution in [3.63, 3.8) is 0 Å². The van der Waals surface area contributed by atoms with Gasteiger partial charge in [-0.2, -0.15) is 0 Å². The van der Waals surface area contributed by atoms with Crippen LogP contribution in [0.15, 0.2) is 47.1 Å². The van der Waals surface area contributed by atoms with E-state index in [1.54, 1.807) is 16.1 Å². The average molecular weight is 413 g/mol. The molecule has 2 heterocycles. The van der Waals surface area contributed by atoms with Gasteiger partial charge in [0.25, 0.3) is 5.91 Å². The van der Waals surface area contributed by atoms with Crippen LogP contribution in [-0.2, 0) is 16.1 Å². The first kappa shape index (κ1) is 22.1. The van der Waals surface area contributed by atoms with E-state index in [1.165, 1.54) is 0 Å². The van der Waals surface area contributed by atoms with Gasteiger partial charge in [-0.1, -0.05) is 25.1 Å². The van der Waals surface area contributed by atoms with E-state index in [0.29, 0.717) is 18.7 Å². The Morgan fingerprint density at radius 3 is 2.63 bits per heavy atom. The van der Waals surface area contributed by atoms with E-state index in [2.05, 4.69) is 0 Å². The second-order valence-electron chi connectivity index (χ2n) is 7.99. The van der Waals surface area contributed by atoms with E-state index in [1.807, 2.05) is 57.2 Å². The van der Waals surface area contributed by atoms with Crippen LogP contribution in [0, 0.1) is 6.92 Å². The van der Waals surface area contributed by atoms with E-state index in [0.717, 1.165) is 37.2 Å². The SMILES string of the molecule is CC[C@H](C)N(CC(=O)N(Cc1ccco1)C[C@@H]1CCCO1)C(=O)c1ccccc1C. The molecular formula is C24H32N2O4. The number of ether oxygens (including phenoxy) is 1. The van der Waals surface area contributed by atoms with Gasteiger partial charge in [-0.3, -0.25) is 9.59 Å². The van der Waals surface area contributed by atoms with Crippen molar-refractivity contribution in [1.29, 1.82) is 0 Å². The summed E-state index contributed by atoms with van der Waals surface area (Å²) in [6.07, 6.45) is 4.37. The summed E-state index contributed by atoms with van der Waals surface area (Å²) in [4.78, 5) is 30.1. The molecule has 1 aliphatic rings. The quantitative estimate of drug-likeness (QED) is 0.624. The van der Waals surface area contributed by atoms with E-state index in [-0.39, 0.29) is 30.5 Å². The lowest BCUT2D eigenvalue weighted by Crippen LogP contribution is -2.48. The van der Waals surface area contributed by atoms with Gasteiger partial charge >= 0.3 is 0 Å². The van der Waals surface area contributed by atoms with Crippen LogP contribution in [0.25, 0.3) is 0 Å². The molecule has 30 heavy (non-hydrogen) atoms. The van der Waals surface area contributed by atoms with E-state index in [4.69, 9.17) is 9.15 Å². The van der Waals surface area contributed by atoms with Gasteiger partial charge in [0, 0.05) is 24.8 Å². The zero-order valence-electron chi connectivity index (χ0n) is 18.2. The van der Waals surface area contributed by atoms with Crippen molar-refractivity contribution in [3.05, 3.63) is 59.5 Å². The molecule has 0 N–H and O–H groups in total. The van der Waals surface area contributed by atoms with Crippen LogP contribution in [0.3, 0.4) is 0 Å². The number of benzene rings is 1. The number of carbonyl (C=O) groups excluding carboxylic acids is 2. The first-order valence-electron chi connectivity index (χ1n) is 10.8. The van der Waals surface area contributed by atoms with Gasteiger partial charge in [-0.15, -0.1) is 0 Å². The van der Waals surface area contributed by atoms with Gasteiger partial charge in [-0.25, -0.2) is 0 Å². The number of hydrogen-bond acceptors (Lipinski definition) is 4. The van der Waals surface area contributed by atoms with Crippen molar-refractivity contribution in [1.82, 2.24) is 9.80 Å². The Labute approximate surface area is 178 Å². The van der Waals surface area contributed by atoms with Crippen LogP contribution in [0.1, 0.15) is 54.8 Å². The summed E-state index contributed by atoms with van der Waals surface area (Å²) in [7, 11) is 0. The molecule has 0 bridgehead atoms. The largest absolute Gasteiger partial charge is 0.467 e. The fourth-order valence-corrected chi connectivity index (χ4v) is 3.74. The minimum absolute atomic E-state index is 0.0352. The highest BCUT2D eigenvalue weighted by Crippen LogP contribution is 2.18. The first-order chi connectivity index (χ1) is 14.5. The Hall–Kier alpha value is -2.60. The van der Waals surface area contributed by atoms with Crippen LogP contribution >= 0.6 is 0 Å². The third-order valence-corrected chi connectivity index (χ3v) is 5.79. The number of aryl methyl sites for hydroxylation is 1. The van der Waals surface area contributed by atoms with Crippen molar-refractivity contribution in [3.8, 4) is 0 Å². The van der Waals surface area contributed by atoms with Crippen molar-refractivity contribution in [2.45, 2.75) is 58.7 Å². The highest BCUT2D eigenvalue weighted by atomic mass is 16.5. The van der Waals surface area contributed by atoms with Gasteiger partial charge in [0.15, 0.2) is 0 Å². The predicted octanol–water partition coefficient (Wildman–Crippen LogP) is 4.04. The van der Waals surface area contributed by atoms with Crippen LogP contribution in [-0.4, -0.2) is 53.5 Å². The summed E-state index contributed by atoms with van der Waals surface area (Å²) < 4.78 is 11.2. The third-order valence-electron chi connectivity index (χ3n) is 5.79. The molecule has 0 aliphatic carbocycles. The standard InChI is InChI=1S/C24H32N2O4/c1-4-19(3)26(24(28)22-12-6-5-9-18(22)2)17-23(27)25(15-20-10-7-13-29-20)16-21-11-8-14-30-21/h5-7,9-10,12-13,19,21H,4,8,11,14-17H2,1-3H3/t19-,21-/m0/s1. The van der Waals surface area contributed by atoms with E-state index < -0.39 is 0 Å². The Kier molecular flexibility index (Phi) is 7.69. The zero-order chi connectivity index (χ0) is 21.5. The maximum Gasteiger partial charge on any atom is 0.254 e. The molecule has 1 aromatic heterocycles. The summed E-state index contributed by atoms with van der Waals surface area (Å²) in [6.45, 7) is 7.59. The van der Waals surface area contributed by atoms with Gasteiger partial charge in [0.1, 0.15) is 12.3 Å². The smallest absolute Gasteiger partial charge is 0.254 e. The third kappa shape index (κ3) is 5.51. The van der Waals surface area contributed by atoms with Crippen LogP contribution in [0.4, 0.5) is 0 Å². The molecule has 1 aromatic carbocycles. The molecule has 0 spiro atoms. The molecule has 0 unspecified atom stereocenters. The summed E-state index contributed by atoms with van der Waals surface area (Å²) >= 11 is 0. The molecule has 6 heteroatoms. The molecule has 1 saturated heterocycles. The fourth-order valence-electron chi connectivity index (χ4n) is 3.74. The molecule has 3 rings (SSSR count). The van der Waals surface area contributed by atoms with Crippen molar-refractivity contribution in [2.75, 3.05) is 19.7 Å². The molecule has 2 aromatic rings. The van der Waals surface area contributed by atoms with Gasteiger partial charge in [0.05, 0.1) is 18.9 Å². The molecule has 1 fully saturated rings. The number of carbonyl (C=O) groups is 2. The molecule has 0 saturated carbocycles. The summed E-state index contributed by atoms with van der Waals surface area (Å²) in [6, 6.07) is 11.1.